The average molecular weight is 647 g/mol. The maximum atomic E-state index is 11.5. The zero-order valence-corrected chi connectivity index (χ0v) is 26.5. The fourth-order valence-corrected chi connectivity index (χ4v) is 11.7. The van der Waals surface area contributed by atoms with Gasteiger partial charge in [0, 0.05) is 0 Å². The summed E-state index contributed by atoms with van der Waals surface area (Å²) in [6.45, 7) is 0. The predicted molar refractivity (Wildman–Crippen MR) is 189 cm³/mol. The molecule has 0 unspecified atom stereocenters. The molecule has 6 rings (SSSR count). The van der Waals surface area contributed by atoms with Crippen molar-refractivity contribution in [2.75, 3.05) is 0 Å². The van der Waals surface area contributed by atoms with Crippen LogP contribution in [0.4, 0.5) is 9.59 Å². The first-order chi connectivity index (χ1) is 22.5. The van der Waals surface area contributed by atoms with E-state index in [1.54, 1.807) is 0 Å². The van der Waals surface area contributed by atoms with Crippen molar-refractivity contribution in [1.82, 2.24) is 0 Å². The summed E-state index contributed by atoms with van der Waals surface area (Å²) in [7, 11) is -5.42. The van der Waals surface area contributed by atoms with Crippen LogP contribution in [0.25, 0.3) is 0 Å². The molecule has 0 aliphatic heterocycles. The van der Waals surface area contributed by atoms with Gasteiger partial charge < -0.3 is 10.2 Å². The lowest BCUT2D eigenvalue weighted by atomic mass is 10.4. The molecule has 0 fully saturated rings. The van der Waals surface area contributed by atoms with Gasteiger partial charge in [0.2, 0.25) is 0 Å². The highest BCUT2D eigenvalue weighted by Crippen LogP contribution is 2.57. The van der Waals surface area contributed by atoms with E-state index >= 15 is 0 Å². The normalized spacial score (nSPS) is 11.0. The quantitative estimate of drug-likeness (QED) is 0.170. The first-order valence-corrected chi connectivity index (χ1v) is 17.8. The first-order valence-electron chi connectivity index (χ1n) is 14.4. The van der Waals surface area contributed by atoms with Gasteiger partial charge in [0.25, 0.3) is 15.0 Å². The highest BCUT2D eigenvalue weighted by Gasteiger charge is 2.52. The molecule has 0 saturated carbocycles. The van der Waals surface area contributed by atoms with Gasteiger partial charge >= 0.3 is 12.3 Å². The lowest BCUT2D eigenvalue weighted by molar-refractivity contribution is 0.148. The van der Waals surface area contributed by atoms with Crippen LogP contribution in [0.3, 0.4) is 0 Å². The van der Waals surface area contributed by atoms with Crippen molar-refractivity contribution in [1.29, 1.82) is 0 Å². The van der Waals surface area contributed by atoms with Gasteiger partial charge in [0.15, 0.2) is 0 Å². The Morgan fingerprint density at radius 2 is 0.478 bits per heavy atom. The molecule has 0 radical (unpaired) electrons. The van der Waals surface area contributed by atoms with E-state index in [1.807, 2.05) is 182 Å². The molecule has 0 saturated heterocycles. The molecule has 0 aliphatic rings. The van der Waals surface area contributed by atoms with Gasteiger partial charge in [0.1, 0.15) is 31.8 Å². The van der Waals surface area contributed by atoms with Crippen molar-refractivity contribution >= 4 is 59.1 Å². The summed E-state index contributed by atoms with van der Waals surface area (Å²) in [5.74, 6) is 0. The topological polar surface area (TPSA) is 93.1 Å². The maximum absolute atomic E-state index is 11.5. The van der Waals surface area contributed by atoms with Crippen molar-refractivity contribution in [3.8, 4) is 0 Å². The molecule has 228 valence electrons. The smallest absolute Gasteiger partial charge is 0.447 e. The molecule has 8 heteroatoms. The highest BCUT2D eigenvalue weighted by molar-refractivity contribution is 7.92. The molecular formula is C38H32O6P2+2. The highest BCUT2D eigenvalue weighted by atomic mass is 31.2. The van der Waals surface area contributed by atoms with Gasteiger partial charge in [0.05, 0.1) is 0 Å². The van der Waals surface area contributed by atoms with E-state index in [2.05, 4.69) is 0 Å². The van der Waals surface area contributed by atoms with Crippen LogP contribution in [0.5, 0.6) is 0 Å². The second-order valence-corrected chi connectivity index (χ2v) is 15.8. The molecule has 0 atom stereocenters. The Balaban J connectivity index is 0.000000181. The third-order valence-electron chi connectivity index (χ3n) is 7.15. The molecule has 0 amide bonds. The van der Waals surface area contributed by atoms with Gasteiger partial charge in [-0.3, -0.25) is 9.05 Å². The van der Waals surface area contributed by atoms with Gasteiger partial charge in [-0.1, -0.05) is 109 Å². The predicted octanol–water partition coefficient (Wildman–Crippen LogP) is 7.18. The zero-order chi connectivity index (χ0) is 32.2. The van der Waals surface area contributed by atoms with Crippen LogP contribution in [-0.2, 0) is 9.05 Å². The standard InChI is InChI=1S/2C19H15O3P/c2*20-19(21)22-23(16-10-4-1-5-11-16,17-12-6-2-7-13-17)18-14-8-3-9-15-18/h2*1-15H/p+2. The van der Waals surface area contributed by atoms with Crippen molar-refractivity contribution in [2.24, 2.45) is 0 Å². The van der Waals surface area contributed by atoms with Crippen LogP contribution in [0.2, 0.25) is 0 Å². The summed E-state index contributed by atoms with van der Waals surface area (Å²) in [4.78, 5) is 23.1. The van der Waals surface area contributed by atoms with E-state index in [9.17, 15) is 19.8 Å². The largest absolute Gasteiger partial charge is 0.544 e. The van der Waals surface area contributed by atoms with Crippen LogP contribution in [0, 0.1) is 0 Å². The summed E-state index contributed by atoms with van der Waals surface area (Å²) < 4.78 is 11.2. The van der Waals surface area contributed by atoms with Crippen LogP contribution >= 0.6 is 15.0 Å². The molecule has 2 N–H and O–H groups in total. The molecule has 46 heavy (non-hydrogen) atoms. The van der Waals surface area contributed by atoms with E-state index in [4.69, 9.17) is 9.05 Å². The molecular weight excluding hydrogens is 614 g/mol. The Bertz CT molecular complexity index is 1490. The average Bonchev–Trinajstić information content (AvgIpc) is 3.12. The van der Waals surface area contributed by atoms with Crippen LogP contribution in [-0.4, -0.2) is 22.5 Å². The minimum Gasteiger partial charge on any atom is -0.447 e. The Hall–Kier alpha value is -5.28. The van der Waals surface area contributed by atoms with Crippen molar-refractivity contribution in [3.05, 3.63) is 182 Å². The molecule has 0 heterocycles. The van der Waals surface area contributed by atoms with Crippen molar-refractivity contribution in [3.63, 3.8) is 0 Å². The Morgan fingerprint density at radius 3 is 0.609 bits per heavy atom. The fourth-order valence-electron chi connectivity index (χ4n) is 5.27. The van der Waals surface area contributed by atoms with E-state index < -0.39 is 27.3 Å². The number of carbonyl (C=O) groups is 2. The Kier molecular flexibility index (Phi) is 10.6. The number of rotatable bonds is 8. The molecule has 6 aromatic rings. The van der Waals surface area contributed by atoms with Gasteiger partial charge in [-0.25, -0.2) is 9.59 Å². The second-order valence-electron chi connectivity index (χ2n) is 9.95. The van der Waals surface area contributed by atoms with E-state index in [1.165, 1.54) is 0 Å². The van der Waals surface area contributed by atoms with Crippen LogP contribution in [0.1, 0.15) is 0 Å². The SMILES string of the molecule is O=C(O)O[P+](c1ccccc1)(c1ccccc1)c1ccccc1.O=C(O)O[P+](c1ccccc1)(c1ccccc1)c1ccccc1. The summed E-state index contributed by atoms with van der Waals surface area (Å²) in [5, 5.41) is 24.1. The molecule has 6 nitrogen and oxygen atoms in total. The minimum atomic E-state index is -2.71. The lowest BCUT2D eigenvalue weighted by Gasteiger charge is -2.23. The fraction of sp³-hybridized carbons (Fsp3) is 0. The molecule has 0 spiro atoms. The minimum absolute atomic E-state index is 0.875. The van der Waals surface area contributed by atoms with Gasteiger partial charge in [-0.05, 0) is 72.8 Å². The summed E-state index contributed by atoms with van der Waals surface area (Å²) in [5.41, 5.74) is 0. The van der Waals surface area contributed by atoms with Crippen LogP contribution < -0.4 is 31.8 Å². The monoisotopic (exact) mass is 646 g/mol. The van der Waals surface area contributed by atoms with Crippen LogP contribution in [0.15, 0.2) is 182 Å². The number of hydrogen-bond donors (Lipinski definition) is 2. The maximum Gasteiger partial charge on any atom is 0.544 e. The van der Waals surface area contributed by atoms with Gasteiger partial charge in [-0.15, -0.1) is 0 Å². The van der Waals surface area contributed by atoms with E-state index in [-0.39, 0.29) is 0 Å². The summed E-state index contributed by atoms with van der Waals surface area (Å²) in [6, 6.07) is 57.4. The third kappa shape index (κ3) is 7.00. The van der Waals surface area contributed by atoms with Gasteiger partial charge in [-0.2, -0.15) is 0 Å². The molecule has 6 aromatic carbocycles. The Morgan fingerprint density at radius 1 is 0.326 bits per heavy atom. The summed E-state index contributed by atoms with van der Waals surface area (Å²) in [6.07, 6.45) is -2.54. The number of carboxylic acid groups (broad SMARTS) is 2. The number of hydrogen-bond acceptors (Lipinski definition) is 4. The van der Waals surface area contributed by atoms with Crippen molar-refractivity contribution in [2.45, 2.75) is 0 Å². The Labute approximate surface area is 269 Å². The third-order valence-corrected chi connectivity index (χ3v) is 14.2. The molecule has 0 aromatic heterocycles. The van der Waals surface area contributed by atoms with Crippen molar-refractivity contribution < 1.29 is 28.8 Å². The first kappa shape index (κ1) is 32.1. The molecule has 0 bridgehead atoms. The zero-order valence-electron chi connectivity index (χ0n) is 24.7. The van der Waals surface area contributed by atoms with E-state index in [0.717, 1.165) is 31.8 Å². The summed E-state index contributed by atoms with van der Waals surface area (Å²) >= 11 is 0. The molecule has 0 aliphatic carbocycles. The lowest BCUT2D eigenvalue weighted by Crippen LogP contribution is -2.34. The second kappa shape index (κ2) is 15.1. The van der Waals surface area contributed by atoms with E-state index in [0.29, 0.717) is 0 Å². The number of benzene rings is 6.